The van der Waals surface area contributed by atoms with Crippen molar-refractivity contribution in [3.8, 4) is 12.3 Å². The molecule has 2 aromatic heterocycles. The third kappa shape index (κ3) is 3.91. The summed E-state index contributed by atoms with van der Waals surface area (Å²) >= 11 is 0. The summed E-state index contributed by atoms with van der Waals surface area (Å²) in [6, 6.07) is 0. The van der Waals surface area contributed by atoms with Crippen LogP contribution < -0.4 is 15.1 Å². The molecule has 32 heavy (non-hydrogen) atoms. The molecule has 1 saturated heterocycles. The van der Waals surface area contributed by atoms with E-state index in [1.54, 1.807) is 12.4 Å². The van der Waals surface area contributed by atoms with Gasteiger partial charge in [-0.15, -0.1) is 6.42 Å². The van der Waals surface area contributed by atoms with E-state index in [1.165, 1.54) is 0 Å². The van der Waals surface area contributed by atoms with Gasteiger partial charge in [-0.1, -0.05) is 5.92 Å². The van der Waals surface area contributed by atoms with Gasteiger partial charge in [-0.3, -0.25) is 4.21 Å². The smallest absolute Gasteiger partial charge is 0.227 e. The average molecular weight is 454 g/mol. The van der Waals surface area contributed by atoms with Gasteiger partial charge in [0.25, 0.3) is 0 Å². The van der Waals surface area contributed by atoms with Gasteiger partial charge in [-0.2, -0.15) is 4.98 Å². The van der Waals surface area contributed by atoms with E-state index in [9.17, 15) is 9.32 Å². The molecule has 3 aliphatic rings. The van der Waals surface area contributed by atoms with E-state index < -0.39 is 10.8 Å². The maximum atomic E-state index is 12.8. The monoisotopic (exact) mass is 453 g/mol. The topological polar surface area (TPSA) is 107 Å². The lowest BCUT2D eigenvalue weighted by Gasteiger charge is -2.42. The number of nitrogens with one attached hydrogen (secondary N) is 1. The number of piperazine rings is 1. The van der Waals surface area contributed by atoms with Crippen LogP contribution in [0.25, 0.3) is 0 Å². The fourth-order valence-corrected chi connectivity index (χ4v) is 5.77. The number of aryl methyl sites for hydroxylation is 1. The Hall–Kier alpha value is -2.77. The Morgan fingerprint density at radius 3 is 2.38 bits per heavy atom. The number of hydrogen-bond acceptors (Lipinski definition) is 9. The number of nitrogens with zero attached hydrogens (tertiary/aromatic N) is 6. The lowest BCUT2D eigenvalue weighted by Crippen LogP contribution is -2.49. The highest BCUT2D eigenvalue weighted by atomic mass is 32.2. The van der Waals surface area contributed by atoms with Gasteiger partial charge < -0.3 is 20.2 Å². The summed E-state index contributed by atoms with van der Waals surface area (Å²) in [5, 5.41) is 13.4. The highest BCUT2D eigenvalue weighted by Gasteiger charge is 2.38. The van der Waals surface area contributed by atoms with Gasteiger partial charge in [0.15, 0.2) is 0 Å². The largest absolute Gasteiger partial charge is 0.394 e. The second-order valence-corrected chi connectivity index (χ2v) is 10.1. The van der Waals surface area contributed by atoms with Crippen molar-refractivity contribution in [2.75, 3.05) is 53.7 Å². The second kappa shape index (κ2) is 8.64. The summed E-state index contributed by atoms with van der Waals surface area (Å²) in [5.41, 5.74) is 1.17. The number of fused-ring (bicyclic) bond motifs is 1. The number of terminal acetylenes is 1. The molecular weight excluding hydrogens is 426 g/mol. The van der Waals surface area contributed by atoms with E-state index >= 15 is 0 Å². The maximum absolute atomic E-state index is 12.8. The average Bonchev–Trinajstić information content (AvgIpc) is 2.81. The van der Waals surface area contributed by atoms with Crippen molar-refractivity contribution in [1.29, 1.82) is 0 Å². The Balaban J connectivity index is 1.37. The Morgan fingerprint density at radius 2 is 1.78 bits per heavy atom. The third-order valence-corrected chi connectivity index (χ3v) is 8.09. The zero-order chi connectivity index (χ0) is 22.1. The van der Waals surface area contributed by atoms with E-state index in [0.717, 1.165) is 68.9 Å². The molecule has 5 rings (SSSR count). The molecule has 0 spiro atoms. The molecular formula is C22H27N7O2S. The predicted octanol–water partition coefficient (Wildman–Crippen LogP) is 0.955. The molecule has 1 aliphatic carbocycles. The van der Waals surface area contributed by atoms with Crippen LogP contribution >= 0.6 is 0 Å². The first kappa shape index (κ1) is 21.1. The molecule has 168 valence electrons. The molecule has 4 heterocycles. The van der Waals surface area contributed by atoms with Crippen LogP contribution in [0, 0.1) is 12.3 Å². The van der Waals surface area contributed by atoms with Gasteiger partial charge in [0.2, 0.25) is 11.9 Å². The van der Waals surface area contributed by atoms with Gasteiger partial charge in [0, 0.05) is 44.3 Å². The minimum Gasteiger partial charge on any atom is -0.394 e. The number of rotatable bonds is 5. The lowest BCUT2D eigenvalue weighted by atomic mass is 9.77. The summed E-state index contributed by atoms with van der Waals surface area (Å²) in [7, 11) is -1.11. The molecule has 0 bridgehead atoms. The molecule has 10 heteroatoms. The number of aromatic nitrogens is 4. The molecule has 0 radical (unpaired) electrons. The zero-order valence-electron chi connectivity index (χ0n) is 18.0. The highest BCUT2D eigenvalue weighted by molar-refractivity contribution is 7.85. The summed E-state index contributed by atoms with van der Waals surface area (Å²) in [4.78, 5) is 23.4. The van der Waals surface area contributed by atoms with E-state index in [-0.39, 0.29) is 12.1 Å². The molecule has 2 aromatic rings. The second-order valence-electron chi connectivity index (χ2n) is 8.61. The van der Waals surface area contributed by atoms with Crippen molar-refractivity contribution in [3.63, 3.8) is 0 Å². The summed E-state index contributed by atoms with van der Waals surface area (Å²) in [6.45, 7) is 2.99. The number of hydrogen-bond donors (Lipinski definition) is 2. The van der Waals surface area contributed by atoms with Gasteiger partial charge in [0.1, 0.15) is 10.7 Å². The van der Waals surface area contributed by atoms with E-state index in [0.29, 0.717) is 29.0 Å². The zero-order valence-corrected chi connectivity index (χ0v) is 18.8. The SMILES string of the molecule is C#Cc1cnc(N2CCN(c3nc4c(c(NC5(CO)CCC5)n3)[S@](=O)CCC4)CC2)nc1. The quantitative estimate of drug-likeness (QED) is 0.640. The first-order valence-electron chi connectivity index (χ1n) is 11.1. The molecule has 9 nitrogen and oxygen atoms in total. The lowest BCUT2D eigenvalue weighted by molar-refractivity contribution is 0.143. The van der Waals surface area contributed by atoms with Crippen LogP contribution in [0.4, 0.5) is 17.7 Å². The van der Waals surface area contributed by atoms with Crippen molar-refractivity contribution in [1.82, 2.24) is 19.9 Å². The van der Waals surface area contributed by atoms with Crippen LogP contribution in [0.1, 0.15) is 36.9 Å². The Labute approximate surface area is 190 Å². The molecule has 0 amide bonds. The van der Waals surface area contributed by atoms with Crippen LogP contribution in [0.2, 0.25) is 0 Å². The summed E-state index contributed by atoms with van der Waals surface area (Å²) in [5.74, 6) is 5.12. The number of anilines is 3. The van der Waals surface area contributed by atoms with Crippen molar-refractivity contribution < 1.29 is 9.32 Å². The van der Waals surface area contributed by atoms with Crippen LogP contribution in [0.3, 0.4) is 0 Å². The molecule has 0 unspecified atom stereocenters. The fraction of sp³-hybridized carbons (Fsp3) is 0.545. The summed E-state index contributed by atoms with van der Waals surface area (Å²) in [6.07, 6.45) is 13.2. The molecule has 0 aromatic carbocycles. The first-order chi connectivity index (χ1) is 15.6. The predicted molar refractivity (Wildman–Crippen MR) is 123 cm³/mol. The first-order valence-corrected chi connectivity index (χ1v) is 12.4. The minimum atomic E-state index is -1.11. The van der Waals surface area contributed by atoms with Crippen molar-refractivity contribution in [2.45, 2.75) is 42.5 Å². The minimum absolute atomic E-state index is 0.0465. The van der Waals surface area contributed by atoms with Crippen molar-refractivity contribution in [3.05, 3.63) is 23.7 Å². The van der Waals surface area contributed by atoms with Crippen LogP contribution in [0.5, 0.6) is 0 Å². The van der Waals surface area contributed by atoms with E-state index in [1.807, 2.05) is 0 Å². The summed E-state index contributed by atoms with van der Waals surface area (Å²) < 4.78 is 12.8. The Morgan fingerprint density at radius 1 is 1.09 bits per heavy atom. The van der Waals surface area contributed by atoms with Crippen molar-refractivity contribution in [2.24, 2.45) is 0 Å². The Kier molecular flexibility index (Phi) is 5.69. The molecule has 2 N–H and O–H groups in total. The normalized spacial score (nSPS) is 21.9. The van der Waals surface area contributed by atoms with Crippen LogP contribution in [0.15, 0.2) is 17.3 Å². The third-order valence-electron chi connectivity index (χ3n) is 6.54. The number of aliphatic hydroxyl groups is 1. The van der Waals surface area contributed by atoms with Gasteiger partial charge in [-0.25, -0.2) is 15.0 Å². The molecule has 1 saturated carbocycles. The van der Waals surface area contributed by atoms with Crippen molar-refractivity contribution >= 4 is 28.5 Å². The Bertz CT molecular complexity index is 1050. The van der Waals surface area contributed by atoms with E-state index in [4.69, 9.17) is 16.4 Å². The molecule has 2 aliphatic heterocycles. The maximum Gasteiger partial charge on any atom is 0.227 e. The number of aliphatic hydroxyl groups excluding tert-OH is 1. The molecule has 2 fully saturated rings. The fourth-order valence-electron chi connectivity index (χ4n) is 4.43. The molecule has 1 atom stereocenters. The standard InChI is InChI=1S/C22H27N7O2S/c1-2-16-13-23-20(24-14-16)28-8-10-29(11-9-28)21-25-17-5-3-12-32(31)18(17)19(26-21)27-22(15-30)6-4-7-22/h1,13-14,30H,3-12,15H2,(H,25,26,27)/t32-/m1/s1. The van der Waals surface area contributed by atoms with Gasteiger partial charge >= 0.3 is 0 Å². The van der Waals surface area contributed by atoms with Crippen LogP contribution in [-0.4, -0.2) is 73.3 Å². The van der Waals surface area contributed by atoms with Gasteiger partial charge in [-0.05, 0) is 32.1 Å². The van der Waals surface area contributed by atoms with Crippen LogP contribution in [-0.2, 0) is 17.2 Å². The highest BCUT2D eigenvalue weighted by Crippen LogP contribution is 2.38. The van der Waals surface area contributed by atoms with E-state index in [2.05, 4.69) is 31.0 Å². The van der Waals surface area contributed by atoms with Gasteiger partial charge in [0.05, 0.1) is 34.2 Å².